The average molecular weight is 1390 g/mol. The van der Waals surface area contributed by atoms with Gasteiger partial charge in [-0.05, 0) is 178 Å². The molecule has 0 saturated carbocycles. The predicted octanol–water partition coefficient (Wildman–Crippen LogP) is 28.1. The third kappa shape index (κ3) is 8.75. The van der Waals surface area contributed by atoms with Crippen LogP contribution in [-0.2, 0) is 0 Å². The number of furan rings is 3. The number of rotatable bonds is 9. The Bertz CT molecular complexity index is 7970. The lowest BCUT2D eigenvalue weighted by Crippen LogP contribution is -1.97. The minimum Gasteiger partial charge on any atom is -0.456 e. The van der Waals surface area contributed by atoms with Crippen LogP contribution < -0.4 is 0 Å². The van der Waals surface area contributed by atoms with Crippen LogP contribution in [0.25, 0.3) is 231 Å². The van der Waals surface area contributed by atoms with Gasteiger partial charge in [-0.3, -0.25) is 0 Å². The first-order valence-corrected chi connectivity index (χ1v) is 37.3. The van der Waals surface area contributed by atoms with Gasteiger partial charge in [0.15, 0.2) is 0 Å². The number of hydrogen-bond acceptors (Lipinski definition) is 3. The maximum absolute atomic E-state index is 7.27. The molecule has 506 valence electrons. The Morgan fingerprint density at radius 2 is 0.514 bits per heavy atom. The number of nitrogens with zero attached hydrogens (tertiary/aromatic N) is 4. The molecule has 0 aliphatic rings. The average Bonchev–Trinajstić information content (AvgIpc) is 1.57. The van der Waals surface area contributed by atoms with Crippen LogP contribution in [0.5, 0.6) is 0 Å². The molecule has 0 saturated heterocycles. The van der Waals surface area contributed by atoms with Crippen LogP contribution in [0.2, 0.25) is 0 Å². The molecular formula is C102H60N4O3. The van der Waals surface area contributed by atoms with Gasteiger partial charge in [0.1, 0.15) is 33.5 Å². The van der Waals surface area contributed by atoms with E-state index in [1.807, 2.05) is 12.1 Å². The zero-order chi connectivity index (χ0) is 71.1. The van der Waals surface area contributed by atoms with Crippen molar-refractivity contribution in [2.45, 2.75) is 0 Å². The molecule has 7 heteroatoms. The fraction of sp³-hybridized carbons (Fsp3) is 0. The minimum absolute atomic E-state index is 0.819. The van der Waals surface area contributed by atoms with E-state index in [4.69, 9.17) is 13.3 Å². The largest absolute Gasteiger partial charge is 0.456 e. The van der Waals surface area contributed by atoms with Gasteiger partial charge in [-0.1, -0.05) is 224 Å². The molecule has 0 N–H and O–H groups in total. The summed E-state index contributed by atoms with van der Waals surface area (Å²) < 4.78 is 30.0. The van der Waals surface area contributed by atoms with Crippen molar-refractivity contribution in [1.29, 1.82) is 0 Å². The van der Waals surface area contributed by atoms with Crippen molar-refractivity contribution in [2.24, 2.45) is 0 Å². The Kier molecular flexibility index (Phi) is 12.6. The first kappa shape index (κ1) is 59.7. The van der Waals surface area contributed by atoms with Crippen molar-refractivity contribution in [2.75, 3.05) is 0 Å². The number of para-hydroxylation sites is 11. The summed E-state index contributed by atoms with van der Waals surface area (Å²) in [6.45, 7) is 0. The molecule has 7 nitrogen and oxygen atoms in total. The fourth-order valence-electron chi connectivity index (χ4n) is 18.4. The van der Waals surface area contributed by atoms with Gasteiger partial charge in [0, 0.05) is 115 Å². The maximum Gasteiger partial charge on any atom is 0.143 e. The van der Waals surface area contributed by atoms with Crippen molar-refractivity contribution in [1.82, 2.24) is 18.3 Å². The Morgan fingerprint density at radius 3 is 1.06 bits per heavy atom. The van der Waals surface area contributed by atoms with Crippen LogP contribution in [0, 0.1) is 0 Å². The van der Waals surface area contributed by atoms with Gasteiger partial charge in [0.25, 0.3) is 0 Å². The number of benzene rings is 17. The highest BCUT2D eigenvalue weighted by Crippen LogP contribution is 2.51. The van der Waals surface area contributed by atoms with E-state index in [0.29, 0.717) is 0 Å². The Morgan fingerprint density at radius 1 is 0.156 bits per heavy atom. The monoisotopic (exact) mass is 1390 g/mol. The first-order valence-electron chi connectivity index (χ1n) is 37.3. The molecular weight excluding hydrogens is 1330 g/mol. The van der Waals surface area contributed by atoms with Crippen LogP contribution in [0.4, 0.5) is 0 Å². The summed E-state index contributed by atoms with van der Waals surface area (Å²) in [7, 11) is 0. The number of fused-ring (bicyclic) bond motifs is 21. The molecule has 0 atom stereocenters. The summed E-state index contributed by atoms with van der Waals surface area (Å²) in [5, 5.41) is 15.9. The molecule has 0 amide bonds. The molecule has 17 aromatic carbocycles. The molecule has 7 aromatic heterocycles. The Hall–Kier alpha value is -14.7. The van der Waals surface area contributed by atoms with Crippen LogP contribution in [0.1, 0.15) is 0 Å². The third-order valence-corrected chi connectivity index (χ3v) is 23.2. The molecule has 0 radical (unpaired) electrons. The van der Waals surface area contributed by atoms with Crippen LogP contribution >= 0.6 is 0 Å². The van der Waals surface area contributed by atoms with E-state index >= 15 is 0 Å². The van der Waals surface area contributed by atoms with Gasteiger partial charge >= 0.3 is 0 Å². The zero-order valence-corrected chi connectivity index (χ0v) is 58.7. The third-order valence-electron chi connectivity index (χ3n) is 23.2. The predicted molar refractivity (Wildman–Crippen MR) is 453 cm³/mol. The SMILES string of the molecule is c1ccc(-n2c3ccccc3c3cc(-c4cccc5c6ccccc6n(-c6ccc7oc8ccccc8c7c6)c45)c(-c4ccc5oc6c(-c7ccc8c9cc(-c%10cccc%11c%12ccccc%12n(-c%12ccccc%12)c%10%11)c(-c%10ccc%11oc%12ccccc%12c%11c%10)cc9n(-c9ccccc9)c8c7)cccc6c5c4)cc32)cc1. The zero-order valence-electron chi connectivity index (χ0n) is 58.7. The highest BCUT2D eigenvalue weighted by Gasteiger charge is 2.27. The Labute approximate surface area is 623 Å². The van der Waals surface area contributed by atoms with Crippen molar-refractivity contribution in [3.8, 4) is 78.4 Å². The standard InChI is InChI=1S/C102H60N4O3/c1-4-23-64(24-5-1)103-89-40-15-12-31-71(89)84-57-82(78-38-22-36-76-70-30-11-17-42-91(70)106(101(76)78)67-48-52-98-88(56-67)74-33-14-19-44-96(74)108-98)80(59-93(84)103)62-47-51-99-87(54-62)79-39-20-34-68(102(79)109-99)63-45-49-72-85-58-83(77-37-21-35-75-69-29-10-16-41-90(69)105(100(75)77)66-27-8-3-9-28-66)81(60-94(85)104(92(72)55-63)65-25-6-2-7-26-65)61-46-50-97-86(53-61)73-32-13-18-43-95(73)107-97/h1-60H. The summed E-state index contributed by atoms with van der Waals surface area (Å²) in [6, 6.07) is 133. The highest BCUT2D eigenvalue weighted by atomic mass is 16.3. The van der Waals surface area contributed by atoms with Crippen molar-refractivity contribution >= 4 is 153 Å². The normalized spacial score (nSPS) is 12.2. The number of hydrogen-bond donors (Lipinski definition) is 0. The van der Waals surface area contributed by atoms with Crippen molar-refractivity contribution in [3.63, 3.8) is 0 Å². The summed E-state index contributed by atoms with van der Waals surface area (Å²) in [5.74, 6) is 0. The van der Waals surface area contributed by atoms with Gasteiger partial charge in [-0.25, -0.2) is 0 Å². The second kappa shape index (κ2) is 22.9. The maximum atomic E-state index is 7.27. The van der Waals surface area contributed by atoms with E-state index in [0.717, 1.165) is 199 Å². The van der Waals surface area contributed by atoms with Gasteiger partial charge in [0.2, 0.25) is 0 Å². The van der Waals surface area contributed by atoms with Gasteiger partial charge in [0.05, 0.1) is 44.1 Å². The van der Waals surface area contributed by atoms with E-state index in [-0.39, 0.29) is 0 Å². The molecule has 24 rings (SSSR count). The van der Waals surface area contributed by atoms with Gasteiger partial charge in [-0.15, -0.1) is 0 Å². The second-order valence-corrected chi connectivity index (χ2v) is 28.9. The van der Waals surface area contributed by atoms with Crippen molar-refractivity contribution < 1.29 is 13.3 Å². The van der Waals surface area contributed by atoms with E-state index in [1.54, 1.807) is 0 Å². The molecule has 0 aliphatic carbocycles. The quantitative estimate of drug-likeness (QED) is 0.145. The topological polar surface area (TPSA) is 59.1 Å². The van der Waals surface area contributed by atoms with Crippen LogP contribution in [-0.4, -0.2) is 18.3 Å². The van der Waals surface area contributed by atoms with E-state index < -0.39 is 0 Å². The van der Waals surface area contributed by atoms with E-state index in [1.165, 1.54) is 32.3 Å². The summed E-state index contributed by atoms with van der Waals surface area (Å²) in [5.41, 5.74) is 29.5. The molecule has 0 unspecified atom stereocenters. The van der Waals surface area contributed by atoms with Gasteiger partial charge < -0.3 is 31.5 Å². The molecule has 0 bridgehead atoms. The van der Waals surface area contributed by atoms with Gasteiger partial charge in [-0.2, -0.15) is 0 Å². The van der Waals surface area contributed by atoms with E-state index in [2.05, 4.69) is 370 Å². The minimum atomic E-state index is 0.819. The fourth-order valence-corrected chi connectivity index (χ4v) is 18.4. The summed E-state index contributed by atoms with van der Waals surface area (Å²) >= 11 is 0. The Balaban J connectivity index is 0.722. The molecule has 0 spiro atoms. The summed E-state index contributed by atoms with van der Waals surface area (Å²) in [4.78, 5) is 0. The second-order valence-electron chi connectivity index (χ2n) is 28.9. The highest BCUT2D eigenvalue weighted by molar-refractivity contribution is 6.22. The van der Waals surface area contributed by atoms with Crippen molar-refractivity contribution in [3.05, 3.63) is 364 Å². The molecule has 0 aliphatic heterocycles. The lowest BCUT2D eigenvalue weighted by Gasteiger charge is -2.17. The molecule has 24 aromatic rings. The first-order chi connectivity index (χ1) is 54.1. The summed E-state index contributed by atoms with van der Waals surface area (Å²) in [6.07, 6.45) is 0. The smallest absolute Gasteiger partial charge is 0.143 e. The number of aromatic nitrogens is 4. The van der Waals surface area contributed by atoms with Crippen LogP contribution in [0.15, 0.2) is 377 Å². The lowest BCUT2D eigenvalue weighted by atomic mass is 9.90. The van der Waals surface area contributed by atoms with Crippen LogP contribution in [0.3, 0.4) is 0 Å². The molecule has 7 heterocycles. The lowest BCUT2D eigenvalue weighted by molar-refractivity contribution is 0.668. The molecule has 0 fully saturated rings. The van der Waals surface area contributed by atoms with E-state index in [9.17, 15) is 0 Å². The molecule has 109 heavy (non-hydrogen) atoms.